The summed E-state index contributed by atoms with van der Waals surface area (Å²) >= 11 is 0.612. The van der Waals surface area contributed by atoms with Crippen molar-refractivity contribution < 1.29 is 29.7 Å². The molecular formula is C63H50BCdN3O. The Balaban J connectivity index is 1.15. The summed E-state index contributed by atoms with van der Waals surface area (Å²) in [5.41, 5.74) is 22.7. The van der Waals surface area contributed by atoms with Crippen molar-refractivity contribution in [3.05, 3.63) is 205 Å². The van der Waals surface area contributed by atoms with Crippen LogP contribution in [-0.2, 0) is 36.1 Å². The molecule has 6 heteroatoms. The number of para-hydroxylation sites is 5. The number of benzene rings is 9. The summed E-state index contributed by atoms with van der Waals surface area (Å²) in [6.45, 7) is 14.1. The van der Waals surface area contributed by atoms with Crippen LogP contribution in [0.1, 0.15) is 58.2 Å². The van der Waals surface area contributed by atoms with Gasteiger partial charge in [0.1, 0.15) is 5.58 Å². The van der Waals surface area contributed by atoms with Gasteiger partial charge >= 0.3 is 347 Å². The van der Waals surface area contributed by atoms with E-state index < -0.39 is 0 Å². The third-order valence-electron chi connectivity index (χ3n) is 14.8. The molecule has 13 rings (SSSR count). The van der Waals surface area contributed by atoms with Crippen LogP contribution in [0.25, 0.3) is 60.6 Å². The number of furan rings is 1. The number of aromatic nitrogens is 1. The number of anilines is 6. The SMILES string of the molecule is CC(C)(C)c1ccc2c(c1)B1c3cc4c5ccccc5n(-c5ccccc5)c4cc3N(c3ccc(-c4cccc5c4oc4ccccc45)cc3)c3cc(C(C)(C)C)c([CH]=[Cd])c(c31)N2c1ccccc1. The molecular weight excluding hydrogens is 938 g/mol. The number of hydrogen-bond donors (Lipinski definition) is 0. The Bertz CT molecular complexity index is 3890. The molecule has 0 atom stereocenters. The maximum atomic E-state index is 6.59. The summed E-state index contributed by atoms with van der Waals surface area (Å²) in [6, 6.07) is 70.0. The van der Waals surface area contributed by atoms with Crippen LogP contribution in [0.15, 0.2) is 192 Å². The molecule has 0 fully saturated rings. The fourth-order valence-corrected chi connectivity index (χ4v) is 12.8. The molecule has 69 heavy (non-hydrogen) atoms. The standard InChI is InChI=1S/C63H50BN3O.Cd/c1-39-50(63(5,6)7)37-57-59-60(39)67(43-21-12-9-13-22-43)54-34-31-41(62(2,3)4)35-51(54)64(59)52-36-49-46-23-14-16-27-53(46)65(42-19-10-8-11-20-42)55(49)38-56(52)66(57)44-32-29-40(30-33-44)45-25-18-26-48-47-24-15-17-28-58(47)68-61(45)48;/h1,8-38H,2-7H3;. The molecule has 0 N–H and O–H groups in total. The van der Waals surface area contributed by atoms with E-state index in [0.29, 0.717) is 25.3 Å². The second-order valence-electron chi connectivity index (χ2n) is 21.0. The van der Waals surface area contributed by atoms with Crippen molar-refractivity contribution in [1.82, 2.24) is 4.57 Å². The van der Waals surface area contributed by atoms with Gasteiger partial charge in [-0.2, -0.15) is 0 Å². The van der Waals surface area contributed by atoms with Crippen LogP contribution in [-0.4, -0.2) is 14.8 Å². The van der Waals surface area contributed by atoms with E-state index in [1.807, 2.05) is 6.07 Å². The minimum absolute atomic E-state index is 0.0372. The predicted molar refractivity (Wildman–Crippen MR) is 290 cm³/mol. The topological polar surface area (TPSA) is 24.6 Å². The Morgan fingerprint density at radius 2 is 1.14 bits per heavy atom. The molecule has 0 radical (unpaired) electrons. The van der Waals surface area contributed by atoms with Crippen molar-refractivity contribution in [2.75, 3.05) is 9.80 Å². The van der Waals surface area contributed by atoms with Crippen LogP contribution in [0, 0.1) is 0 Å². The van der Waals surface area contributed by atoms with Crippen molar-refractivity contribution in [2.45, 2.75) is 52.4 Å². The Morgan fingerprint density at radius 1 is 0.493 bits per heavy atom. The molecule has 0 unspecified atom stereocenters. The predicted octanol–water partition coefficient (Wildman–Crippen LogP) is 14.7. The van der Waals surface area contributed by atoms with E-state index in [1.54, 1.807) is 0 Å². The normalized spacial score (nSPS) is 13.4. The minimum atomic E-state index is -0.147. The molecule has 0 spiro atoms. The first kappa shape index (κ1) is 42.2. The molecule has 4 heterocycles. The summed E-state index contributed by atoms with van der Waals surface area (Å²) in [7, 11) is 0. The van der Waals surface area contributed by atoms with Gasteiger partial charge in [-0.25, -0.2) is 0 Å². The maximum absolute atomic E-state index is 6.59. The second kappa shape index (κ2) is 15.5. The zero-order chi connectivity index (χ0) is 46.9. The number of nitrogens with zero attached hydrogens (tertiary/aromatic N) is 3. The number of rotatable bonds is 5. The molecule has 2 aliphatic heterocycles. The summed E-state index contributed by atoms with van der Waals surface area (Å²) < 4.78 is 11.6. The van der Waals surface area contributed by atoms with E-state index in [4.69, 9.17) is 4.42 Å². The molecule has 0 saturated carbocycles. The number of fused-ring (bicyclic) bond motifs is 10. The van der Waals surface area contributed by atoms with Gasteiger partial charge in [0.25, 0.3) is 0 Å². The zero-order valence-corrected chi connectivity index (χ0v) is 44.0. The number of hydrogen-bond acceptors (Lipinski definition) is 3. The molecule has 11 aromatic rings. The van der Waals surface area contributed by atoms with E-state index in [1.165, 1.54) is 83.3 Å². The van der Waals surface area contributed by atoms with Crippen molar-refractivity contribution >= 4 is 105 Å². The molecule has 0 amide bonds. The molecule has 9 aromatic carbocycles. The fourth-order valence-electron chi connectivity index (χ4n) is 11.6. The molecule has 2 aromatic heterocycles. The van der Waals surface area contributed by atoms with Gasteiger partial charge in [-0.1, -0.05) is 48.5 Å². The van der Waals surface area contributed by atoms with Crippen molar-refractivity contribution in [3.63, 3.8) is 0 Å². The average Bonchev–Trinajstić information content (AvgIpc) is 3.91. The molecule has 0 saturated heterocycles. The van der Waals surface area contributed by atoms with Crippen LogP contribution in [0.3, 0.4) is 0 Å². The van der Waals surface area contributed by atoms with Gasteiger partial charge in [-0.3, -0.25) is 0 Å². The van der Waals surface area contributed by atoms with Gasteiger partial charge in [0.05, 0.1) is 0 Å². The molecule has 0 aliphatic carbocycles. The molecule has 328 valence electrons. The summed E-state index contributed by atoms with van der Waals surface area (Å²) in [6.07, 6.45) is 0. The summed E-state index contributed by atoms with van der Waals surface area (Å²) in [4.78, 5) is 5.19. The average molecular weight is 988 g/mol. The summed E-state index contributed by atoms with van der Waals surface area (Å²) in [5, 5.41) is 4.79. The van der Waals surface area contributed by atoms with Crippen LogP contribution in [0.4, 0.5) is 34.1 Å². The van der Waals surface area contributed by atoms with E-state index in [9.17, 15) is 0 Å². The van der Waals surface area contributed by atoms with Crippen molar-refractivity contribution in [1.29, 1.82) is 0 Å². The van der Waals surface area contributed by atoms with E-state index in [0.717, 1.165) is 44.4 Å². The van der Waals surface area contributed by atoms with Gasteiger partial charge in [0.2, 0.25) is 0 Å². The van der Waals surface area contributed by atoms with Crippen LogP contribution in [0.2, 0.25) is 0 Å². The first-order valence-corrected chi connectivity index (χ1v) is 26.6. The van der Waals surface area contributed by atoms with Crippen molar-refractivity contribution in [3.8, 4) is 16.8 Å². The Hall–Kier alpha value is -6.96. The monoisotopic (exact) mass is 989 g/mol. The van der Waals surface area contributed by atoms with Crippen molar-refractivity contribution in [2.24, 2.45) is 0 Å². The first-order chi connectivity index (χ1) is 33.5. The quantitative estimate of drug-likeness (QED) is 0.161. The van der Waals surface area contributed by atoms with Gasteiger partial charge in [-0.15, -0.1) is 0 Å². The zero-order valence-electron chi connectivity index (χ0n) is 40.0. The Labute approximate surface area is 419 Å². The molecule has 2 aliphatic rings. The third-order valence-corrected chi connectivity index (χ3v) is 16.0. The second-order valence-corrected chi connectivity index (χ2v) is 22.1. The van der Waals surface area contributed by atoms with Gasteiger partial charge in [-0.05, 0) is 6.07 Å². The third kappa shape index (κ3) is 6.42. The van der Waals surface area contributed by atoms with Gasteiger partial charge < -0.3 is 4.42 Å². The van der Waals surface area contributed by atoms with Gasteiger partial charge in [0, 0.05) is 10.8 Å². The molecule has 0 bridgehead atoms. The fraction of sp³-hybridized carbons (Fsp3) is 0.127. The molecule has 4 nitrogen and oxygen atoms in total. The van der Waals surface area contributed by atoms with Crippen LogP contribution in [0.5, 0.6) is 0 Å². The first-order valence-electron chi connectivity index (χ1n) is 24.2. The van der Waals surface area contributed by atoms with Crippen LogP contribution >= 0.6 is 0 Å². The Kier molecular flexibility index (Phi) is 9.49. The van der Waals surface area contributed by atoms with E-state index in [-0.39, 0.29) is 17.5 Å². The van der Waals surface area contributed by atoms with Crippen LogP contribution < -0.4 is 26.2 Å². The van der Waals surface area contributed by atoms with E-state index >= 15 is 0 Å². The summed E-state index contributed by atoms with van der Waals surface area (Å²) in [5.74, 6) is 0. The van der Waals surface area contributed by atoms with Gasteiger partial charge in [0.15, 0.2) is 0 Å². The van der Waals surface area contributed by atoms with E-state index in [2.05, 4.69) is 241 Å². The Morgan fingerprint density at radius 3 is 1.87 bits per heavy atom.